The molecule has 11 nitrogen and oxygen atoms in total. The molecule has 0 radical (unpaired) electrons. The SMILES string of the molecule is NC(=O)N=S(=O)=O.OC[C@H]1OC(O)[C@H](O)[C@@H](O)[C@@H]1O. The average molecular weight is 302 g/mol. The molecule has 0 aromatic heterocycles. The number of nitrogens with two attached hydrogens (primary N) is 1. The molecule has 2 amide bonds. The Bertz CT molecular complexity index is 412. The van der Waals surface area contributed by atoms with Gasteiger partial charge in [0, 0.05) is 0 Å². The lowest BCUT2D eigenvalue weighted by Crippen LogP contribution is -2.58. The van der Waals surface area contributed by atoms with E-state index in [1.54, 1.807) is 0 Å². The van der Waals surface area contributed by atoms with Crippen molar-refractivity contribution in [1.29, 1.82) is 0 Å². The molecular formula is C7H14N2O9S. The molecule has 5 atom stereocenters. The Morgan fingerprint density at radius 3 is 2.00 bits per heavy atom. The molecule has 1 rings (SSSR count). The van der Waals surface area contributed by atoms with Crippen molar-refractivity contribution in [2.45, 2.75) is 30.7 Å². The van der Waals surface area contributed by atoms with Crippen LogP contribution in [-0.4, -0.2) is 77.3 Å². The fourth-order valence-corrected chi connectivity index (χ4v) is 1.30. The Morgan fingerprint density at radius 2 is 1.68 bits per heavy atom. The van der Waals surface area contributed by atoms with Crippen molar-refractivity contribution >= 4 is 16.5 Å². The molecule has 1 saturated heterocycles. The Kier molecular flexibility index (Phi) is 7.62. The first kappa shape index (κ1) is 17.8. The Labute approximate surface area is 108 Å². The molecule has 0 aromatic carbocycles. The summed E-state index contributed by atoms with van der Waals surface area (Å²) in [6.07, 6.45) is -7.04. The first-order valence-corrected chi connectivity index (χ1v) is 5.83. The molecule has 1 unspecified atom stereocenters. The minimum absolute atomic E-state index is 0.526. The van der Waals surface area contributed by atoms with Gasteiger partial charge in [-0.2, -0.15) is 8.42 Å². The van der Waals surface area contributed by atoms with E-state index >= 15 is 0 Å². The van der Waals surface area contributed by atoms with E-state index < -0.39 is 53.8 Å². The van der Waals surface area contributed by atoms with E-state index in [0.29, 0.717) is 0 Å². The summed E-state index contributed by atoms with van der Waals surface area (Å²) in [4.78, 5) is 9.47. The van der Waals surface area contributed by atoms with Crippen molar-refractivity contribution in [2.24, 2.45) is 10.1 Å². The van der Waals surface area contributed by atoms with Crippen LogP contribution in [0, 0.1) is 0 Å². The largest absolute Gasteiger partial charge is 0.394 e. The predicted octanol–water partition coefficient (Wildman–Crippen LogP) is -4.09. The number of hydrogen-bond donors (Lipinski definition) is 6. The summed E-state index contributed by atoms with van der Waals surface area (Å²) in [6.45, 7) is -0.526. The lowest BCUT2D eigenvalue weighted by atomic mass is 10.00. The van der Waals surface area contributed by atoms with Crippen LogP contribution in [0.3, 0.4) is 0 Å². The van der Waals surface area contributed by atoms with E-state index in [1.165, 1.54) is 0 Å². The highest BCUT2D eigenvalue weighted by molar-refractivity contribution is 7.62. The van der Waals surface area contributed by atoms with Gasteiger partial charge in [-0.25, -0.2) is 4.79 Å². The highest BCUT2D eigenvalue weighted by atomic mass is 32.2. The molecule has 0 saturated carbocycles. The van der Waals surface area contributed by atoms with Gasteiger partial charge in [-0.3, -0.25) is 0 Å². The van der Waals surface area contributed by atoms with Crippen LogP contribution in [-0.2, 0) is 15.2 Å². The van der Waals surface area contributed by atoms with Crippen LogP contribution in [0.5, 0.6) is 0 Å². The van der Waals surface area contributed by atoms with Crippen LogP contribution in [0.15, 0.2) is 4.36 Å². The molecule has 112 valence electrons. The van der Waals surface area contributed by atoms with Crippen molar-refractivity contribution in [3.8, 4) is 0 Å². The van der Waals surface area contributed by atoms with Crippen molar-refractivity contribution in [3.05, 3.63) is 0 Å². The summed E-state index contributed by atoms with van der Waals surface area (Å²) in [5, 5.41) is 44.7. The standard InChI is InChI=1S/C6H12O6.CH2N2O3S/c7-1-2-3(8)4(9)5(10)6(11)12-2;2-1(4)3-7(5)6/h2-11H,1H2;(H2,2,4)/t2-,3-,4+,5-,6?;/m1./s1. The molecule has 7 N–H and O–H groups in total. The first-order valence-electron chi connectivity index (χ1n) is 4.79. The molecule has 0 bridgehead atoms. The summed E-state index contributed by atoms with van der Waals surface area (Å²) in [6, 6.07) is -1.20. The fourth-order valence-electron chi connectivity index (χ4n) is 1.16. The lowest BCUT2D eigenvalue weighted by Gasteiger charge is -2.37. The normalized spacial score (nSPS) is 33.8. The number of carbonyl (C=O) groups is 1. The van der Waals surface area contributed by atoms with Gasteiger partial charge in [0.25, 0.3) is 0 Å². The maximum atomic E-state index is 9.47. The lowest BCUT2D eigenvalue weighted by molar-refractivity contribution is -0.286. The van der Waals surface area contributed by atoms with E-state index in [1.807, 2.05) is 0 Å². The van der Waals surface area contributed by atoms with Crippen LogP contribution in [0.1, 0.15) is 0 Å². The number of primary amides is 1. The average Bonchev–Trinajstić information content (AvgIpc) is 2.30. The van der Waals surface area contributed by atoms with E-state index in [2.05, 4.69) is 14.8 Å². The van der Waals surface area contributed by atoms with E-state index in [4.69, 9.17) is 25.5 Å². The summed E-state index contributed by atoms with van der Waals surface area (Å²) in [7, 11) is -2.70. The Morgan fingerprint density at radius 1 is 1.16 bits per heavy atom. The maximum Gasteiger partial charge on any atom is 0.353 e. The summed E-state index contributed by atoms with van der Waals surface area (Å²) in [5.41, 5.74) is 4.29. The molecule has 19 heavy (non-hydrogen) atoms. The minimum Gasteiger partial charge on any atom is -0.394 e. The van der Waals surface area contributed by atoms with Crippen molar-refractivity contribution < 1.29 is 43.5 Å². The zero-order valence-corrected chi connectivity index (χ0v) is 10.2. The zero-order chi connectivity index (χ0) is 15.2. The Balaban J connectivity index is 0.000000399. The number of aliphatic hydroxyl groups excluding tert-OH is 5. The molecular weight excluding hydrogens is 288 g/mol. The highest BCUT2D eigenvalue weighted by Crippen LogP contribution is 2.18. The van der Waals surface area contributed by atoms with Crippen LogP contribution >= 0.6 is 0 Å². The number of hydrogen-bond acceptors (Lipinski definition) is 9. The molecule has 0 aliphatic carbocycles. The van der Waals surface area contributed by atoms with Gasteiger partial charge in [-0.05, 0) is 0 Å². The van der Waals surface area contributed by atoms with Gasteiger partial charge in [-0.1, -0.05) is 4.36 Å². The van der Waals surface area contributed by atoms with E-state index in [0.717, 1.165) is 0 Å². The van der Waals surface area contributed by atoms with Crippen molar-refractivity contribution in [1.82, 2.24) is 0 Å². The predicted molar refractivity (Wildman–Crippen MR) is 56.9 cm³/mol. The van der Waals surface area contributed by atoms with Gasteiger partial charge in [0.2, 0.25) is 0 Å². The second-order valence-corrected chi connectivity index (χ2v) is 3.98. The second-order valence-electron chi connectivity index (χ2n) is 3.37. The van der Waals surface area contributed by atoms with Crippen LogP contribution < -0.4 is 5.73 Å². The fraction of sp³-hybridized carbons (Fsp3) is 0.857. The summed E-state index contributed by atoms with van der Waals surface area (Å²) in [5.74, 6) is 0. The minimum atomic E-state index is -2.70. The van der Waals surface area contributed by atoms with Crippen LogP contribution in [0.4, 0.5) is 4.79 Å². The number of rotatable bonds is 1. The van der Waals surface area contributed by atoms with Gasteiger partial charge < -0.3 is 36.0 Å². The number of ether oxygens (including phenoxy) is 1. The molecule has 12 heteroatoms. The van der Waals surface area contributed by atoms with E-state index in [-0.39, 0.29) is 0 Å². The third-order valence-corrected chi connectivity index (χ3v) is 2.36. The number of aliphatic hydroxyl groups is 5. The molecule has 0 spiro atoms. The Hall–Kier alpha value is -1.15. The van der Waals surface area contributed by atoms with Crippen LogP contribution in [0.2, 0.25) is 0 Å². The zero-order valence-electron chi connectivity index (χ0n) is 9.40. The number of nitrogens with zero attached hydrogens (tertiary/aromatic N) is 1. The van der Waals surface area contributed by atoms with Gasteiger partial charge in [0.05, 0.1) is 6.61 Å². The van der Waals surface area contributed by atoms with Gasteiger partial charge in [0.15, 0.2) is 6.29 Å². The molecule has 1 aliphatic heterocycles. The molecule has 1 heterocycles. The molecule has 1 aliphatic rings. The van der Waals surface area contributed by atoms with Crippen LogP contribution in [0.25, 0.3) is 0 Å². The van der Waals surface area contributed by atoms with E-state index in [9.17, 15) is 13.2 Å². The number of urea groups is 1. The van der Waals surface area contributed by atoms with Crippen molar-refractivity contribution in [3.63, 3.8) is 0 Å². The third kappa shape index (κ3) is 6.02. The topological polar surface area (TPSA) is 200 Å². The smallest absolute Gasteiger partial charge is 0.353 e. The first-order chi connectivity index (χ1) is 8.70. The number of carbonyl (C=O) groups excluding carboxylic acids is 1. The quantitative estimate of drug-likeness (QED) is 0.278. The van der Waals surface area contributed by atoms with Crippen molar-refractivity contribution in [2.75, 3.05) is 6.61 Å². The van der Waals surface area contributed by atoms with Gasteiger partial charge >= 0.3 is 16.5 Å². The second kappa shape index (κ2) is 8.11. The number of amides is 2. The van der Waals surface area contributed by atoms with Gasteiger partial charge in [-0.15, -0.1) is 0 Å². The summed E-state index contributed by atoms with van der Waals surface area (Å²) < 4.78 is 25.6. The maximum absolute atomic E-state index is 9.47. The third-order valence-electron chi connectivity index (χ3n) is 2.03. The molecule has 1 fully saturated rings. The molecule has 0 aromatic rings. The monoisotopic (exact) mass is 302 g/mol. The highest BCUT2D eigenvalue weighted by Gasteiger charge is 2.42. The summed E-state index contributed by atoms with van der Waals surface area (Å²) >= 11 is 0. The van der Waals surface area contributed by atoms with Gasteiger partial charge in [0.1, 0.15) is 24.4 Å².